The fourth-order valence-electron chi connectivity index (χ4n) is 2.04. The van der Waals surface area contributed by atoms with Crippen LogP contribution < -0.4 is 0 Å². The smallest absolute Gasteiger partial charge is 0.195 e. The minimum Gasteiger partial charge on any atom is -0.349 e. The van der Waals surface area contributed by atoms with E-state index in [9.17, 15) is 0 Å². The van der Waals surface area contributed by atoms with Crippen LogP contribution in [-0.2, 0) is 13.1 Å². The minimum atomic E-state index is 0.715. The Labute approximate surface area is 117 Å². The molecule has 0 aliphatic rings. The zero-order chi connectivity index (χ0) is 14.4. The van der Waals surface area contributed by atoms with E-state index in [-0.39, 0.29) is 0 Å². The molecule has 0 aliphatic carbocycles. The first kappa shape index (κ1) is 15.5. The number of hydrogen-bond donors (Lipinski definition) is 0. The van der Waals surface area contributed by atoms with Crippen LogP contribution in [-0.4, -0.2) is 62.9 Å². The van der Waals surface area contributed by atoms with E-state index in [0.717, 1.165) is 12.5 Å². The van der Waals surface area contributed by atoms with Gasteiger partial charge in [0.2, 0.25) is 0 Å². The number of guanidine groups is 1. The average Bonchev–Trinajstić information content (AvgIpc) is 2.27. The molecule has 0 radical (unpaired) electrons. The van der Waals surface area contributed by atoms with Crippen LogP contribution in [0.2, 0.25) is 0 Å². The topological polar surface area (TPSA) is 22.1 Å². The molecule has 4 heteroatoms. The fraction of sp³-hybridized carbons (Fsp3) is 0.533. The third-order valence-corrected chi connectivity index (χ3v) is 2.69. The van der Waals surface area contributed by atoms with Gasteiger partial charge < -0.3 is 14.7 Å². The number of benzene rings is 1. The first-order valence-electron chi connectivity index (χ1n) is 6.52. The van der Waals surface area contributed by atoms with E-state index in [4.69, 9.17) is 0 Å². The van der Waals surface area contributed by atoms with Gasteiger partial charge in [-0.05, 0) is 25.2 Å². The Balaban J connectivity index is 2.79. The van der Waals surface area contributed by atoms with Gasteiger partial charge in [0.05, 0.1) is 6.54 Å². The SMILES string of the molecule is CN(C)Cc1cccc(CN=C(N(C)C)N(C)C)c1. The molecule has 1 aromatic rings. The third kappa shape index (κ3) is 5.30. The fourth-order valence-corrected chi connectivity index (χ4v) is 2.04. The highest BCUT2D eigenvalue weighted by atomic mass is 15.3. The predicted molar refractivity (Wildman–Crippen MR) is 82.3 cm³/mol. The molecule has 1 aromatic carbocycles. The summed E-state index contributed by atoms with van der Waals surface area (Å²) in [6, 6.07) is 8.62. The molecule has 0 saturated heterocycles. The summed E-state index contributed by atoms with van der Waals surface area (Å²) in [4.78, 5) is 10.9. The van der Waals surface area contributed by atoms with Crippen molar-refractivity contribution in [2.24, 2.45) is 4.99 Å². The maximum atomic E-state index is 4.67. The summed E-state index contributed by atoms with van der Waals surface area (Å²) in [6.07, 6.45) is 0. The monoisotopic (exact) mass is 262 g/mol. The van der Waals surface area contributed by atoms with Crippen LogP contribution in [0.15, 0.2) is 29.3 Å². The van der Waals surface area contributed by atoms with E-state index < -0.39 is 0 Å². The highest BCUT2D eigenvalue weighted by Gasteiger charge is 2.04. The van der Waals surface area contributed by atoms with Crippen molar-refractivity contribution < 1.29 is 0 Å². The highest BCUT2D eigenvalue weighted by Crippen LogP contribution is 2.08. The highest BCUT2D eigenvalue weighted by molar-refractivity contribution is 5.79. The lowest BCUT2D eigenvalue weighted by Crippen LogP contribution is -2.35. The molecule has 0 aromatic heterocycles. The minimum absolute atomic E-state index is 0.715. The van der Waals surface area contributed by atoms with Crippen molar-refractivity contribution in [3.05, 3.63) is 35.4 Å². The molecule has 106 valence electrons. The van der Waals surface area contributed by atoms with Crippen molar-refractivity contribution in [2.75, 3.05) is 42.3 Å². The molecule has 0 heterocycles. The Bertz CT molecular complexity index is 412. The maximum absolute atomic E-state index is 4.67. The lowest BCUT2D eigenvalue weighted by molar-refractivity contribution is 0.402. The van der Waals surface area contributed by atoms with Gasteiger partial charge in [0, 0.05) is 34.7 Å². The van der Waals surface area contributed by atoms with Crippen LogP contribution in [0, 0.1) is 0 Å². The van der Waals surface area contributed by atoms with E-state index in [1.54, 1.807) is 0 Å². The standard InChI is InChI=1S/C15H26N4/c1-17(2)12-14-9-7-8-13(10-14)11-16-15(18(3)4)19(5)6/h7-10H,11-12H2,1-6H3. The van der Waals surface area contributed by atoms with Crippen LogP contribution in [0.3, 0.4) is 0 Å². The summed E-state index contributed by atoms with van der Waals surface area (Å²) in [5.74, 6) is 0.984. The number of nitrogens with zero attached hydrogens (tertiary/aromatic N) is 4. The summed E-state index contributed by atoms with van der Waals surface area (Å²) in [7, 11) is 12.2. The van der Waals surface area contributed by atoms with Crippen molar-refractivity contribution in [1.29, 1.82) is 0 Å². The van der Waals surface area contributed by atoms with Crippen molar-refractivity contribution in [3.63, 3.8) is 0 Å². The van der Waals surface area contributed by atoms with Crippen molar-refractivity contribution in [1.82, 2.24) is 14.7 Å². The van der Waals surface area contributed by atoms with Crippen LogP contribution in [0.1, 0.15) is 11.1 Å². The summed E-state index contributed by atoms with van der Waals surface area (Å²) >= 11 is 0. The summed E-state index contributed by atoms with van der Waals surface area (Å²) < 4.78 is 0. The zero-order valence-corrected chi connectivity index (χ0v) is 13.0. The van der Waals surface area contributed by atoms with Crippen molar-refractivity contribution >= 4 is 5.96 Å². The molecule has 0 N–H and O–H groups in total. The van der Waals surface area contributed by atoms with Gasteiger partial charge in [-0.15, -0.1) is 0 Å². The second-order valence-corrected chi connectivity index (χ2v) is 5.46. The van der Waals surface area contributed by atoms with Crippen LogP contribution >= 0.6 is 0 Å². The van der Waals surface area contributed by atoms with E-state index >= 15 is 0 Å². The number of aliphatic imine (C=N–C) groups is 1. The normalized spacial score (nSPS) is 10.5. The Morgan fingerprint density at radius 3 is 2.05 bits per heavy atom. The molecule has 0 saturated carbocycles. The van der Waals surface area contributed by atoms with Crippen LogP contribution in [0.25, 0.3) is 0 Å². The first-order chi connectivity index (χ1) is 8.90. The van der Waals surface area contributed by atoms with E-state index in [1.807, 2.05) is 38.0 Å². The van der Waals surface area contributed by atoms with Crippen LogP contribution in [0.5, 0.6) is 0 Å². The van der Waals surface area contributed by atoms with Gasteiger partial charge in [0.25, 0.3) is 0 Å². The molecule has 0 aliphatic heterocycles. The molecule has 0 unspecified atom stereocenters. The molecule has 0 bridgehead atoms. The summed E-state index contributed by atoms with van der Waals surface area (Å²) in [6.45, 7) is 1.68. The molecule has 0 amide bonds. The number of hydrogen-bond acceptors (Lipinski definition) is 2. The van der Waals surface area contributed by atoms with Gasteiger partial charge in [0.15, 0.2) is 5.96 Å². The Morgan fingerprint density at radius 1 is 0.947 bits per heavy atom. The Hall–Kier alpha value is -1.55. The lowest BCUT2D eigenvalue weighted by Gasteiger charge is -2.22. The molecule has 1 rings (SSSR count). The maximum Gasteiger partial charge on any atom is 0.195 e. The Kier molecular flexibility index (Phi) is 5.83. The largest absolute Gasteiger partial charge is 0.349 e. The van der Waals surface area contributed by atoms with Gasteiger partial charge in [0.1, 0.15) is 0 Å². The second-order valence-electron chi connectivity index (χ2n) is 5.46. The van der Waals surface area contributed by atoms with E-state index in [1.165, 1.54) is 11.1 Å². The zero-order valence-electron chi connectivity index (χ0n) is 13.0. The lowest BCUT2D eigenvalue weighted by atomic mass is 10.1. The third-order valence-electron chi connectivity index (χ3n) is 2.69. The van der Waals surface area contributed by atoms with Crippen molar-refractivity contribution in [3.8, 4) is 0 Å². The molecule has 4 nitrogen and oxygen atoms in total. The summed E-state index contributed by atoms with van der Waals surface area (Å²) in [5.41, 5.74) is 2.58. The van der Waals surface area contributed by atoms with Gasteiger partial charge in [-0.3, -0.25) is 0 Å². The molecule has 19 heavy (non-hydrogen) atoms. The number of rotatable bonds is 4. The molecular weight excluding hydrogens is 236 g/mol. The Morgan fingerprint density at radius 2 is 1.53 bits per heavy atom. The summed E-state index contributed by atoms with van der Waals surface area (Å²) in [5, 5.41) is 0. The molecule has 0 spiro atoms. The molecule has 0 atom stereocenters. The average molecular weight is 262 g/mol. The van der Waals surface area contributed by atoms with Gasteiger partial charge in [-0.1, -0.05) is 24.3 Å². The predicted octanol–water partition coefficient (Wildman–Crippen LogP) is 1.73. The van der Waals surface area contributed by atoms with Crippen LogP contribution in [0.4, 0.5) is 0 Å². The van der Waals surface area contributed by atoms with E-state index in [2.05, 4.69) is 48.3 Å². The molecule has 0 fully saturated rings. The van der Waals surface area contributed by atoms with E-state index in [0.29, 0.717) is 6.54 Å². The molecular formula is C15H26N4. The first-order valence-corrected chi connectivity index (χ1v) is 6.52. The quantitative estimate of drug-likeness (QED) is 0.609. The van der Waals surface area contributed by atoms with Gasteiger partial charge in [-0.2, -0.15) is 0 Å². The van der Waals surface area contributed by atoms with Gasteiger partial charge >= 0.3 is 0 Å². The van der Waals surface area contributed by atoms with Crippen molar-refractivity contribution in [2.45, 2.75) is 13.1 Å². The van der Waals surface area contributed by atoms with Gasteiger partial charge in [-0.25, -0.2) is 4.99 Å². The second kappa shape index (κ2) is 7.14.